The molecule has 0 amide bonds. The molecule has 0 radical (unpaired) electrons. The Balaban J connectivity index is 1.93. The molecule has 0 atom stereocenters. The standard InChI is InChI=1S/C15H23N3O2/c1-5-6-16-9-14-11(2)7-13(20-14)10-19-15-8-12(3)17-18(15)4/h7-8,16H,5-6,9-10H2,1-4H3. The van der Waals surface area contributed by atoms with Crippen LogP contribution in [0.1, 0.15) is 36.1 Å². The van der Waals surface area contributed by atoms with Gasteiger partial charge in [-0.05, 0) is 38.4 Å². The van der Waals surface area contributed by atoms with Crippen molar-refractivity contribution in [1.82, 2.24) is 15.1 Å². The van der Waals surface area contributed by atoms with Crippen molar-refractivity contribution < 1.29 is 9.15 Å². The van der Waals surface area contributed by atoms with Gasteiger partial charge in [0.25, 0.3) is 0 Å². The molecule has 2 aromatic rings. The predicted octanol–water partition coefficient (Wildman–Crippen LogP) is 2.71. The maximum Gasteiger partial charge on any atom is 0.212 e. The summed E-state index contributed by atoms with van der Waals surface area (Å²) in [5.74, 6) is 2.58. The van der Waals surface area contributed by atoms with Crippen LogP contribution in [0.5, 0.6) is 5.88 Å². The third-order valence-corrected chi connectivity index (χ3v) is 3.11. The number of furan rings is 1. The summed E-state index contributed by atoms with van der Waals surface area (Å²) in [4.78, 5) is 0. The highest BCUT2D eigenvalue weighted by Crippen LogP contribution is 2.18. The molecule has 2 rings (SSSR count). The fourth-order valence-corrected chi connectivity index (χ4v) is 2.08. The van der Waals surface area contributed by atoms with E-state index >= 15 is 0 Å². The average Bonchev–Trinajstić information content (AvgIpc) is 2.90. The summed E-state index contributed by atoms with van der Waals surface area (Å²) < 4.78 is 13.3. The van der Waals surface area contributed by atoms with E-state index in [1.54, 1.807) is 4.68 Å². The normalized spacial score (nSPS) is 11.0. The van der Waals surface area contributed by atoms with Crippen molar-refractivity contribution in [3.63, 3.8) is 0 Å². The molecule has 0 unspecified atom stereocenters. The second kappa shape index (κ2) is 6.61. The fraction of sp³-hybridized carbons (Fsp3) is 0.533. The molecule has 0 saturated carbocycles. The van der Waals surface area contributed by atoms with Gasteiger partial charge in [-0.1, -0.05) is 6.92 Å². The lowest BCUT2D eigenvalue weighted by molar-refractivity contribution is 0.245. The van der Waals surface area contributed by atoms with E-state index in [0.717, 1.165) is 48.2 Å². The van der Waals surface area contributed by atoms with Gasteiger partial charge in [0.1, 0.15) is 18.1 Å². The summed E-state index contributed by atoms with van der Waals surface area (Å²) in [5, 5.41) is 7.59. The van der Waals surface area contributed by atoms with Crippen LogP contribution in [0.4, 0.5) is 0 Å². The van der Waals surface area contributed by atoms with Crippen molar-refractivity contribution in [3.8, 4) is 5.88 Å². The summed E-state index contributed by atoms with van der Waals surface area (Å²) in [6.07, 6.45) is 1.12. The number of aryl methyl sites for hydroxylation is 3. The minimum Gasteiger partial charge on any atom is -0.470 e. The maximum atomic E-state index is 5.81. The van der Waals surface area contributed by atoms with E-state index < -0.39 is 0 Å². The lowest BCUT2D eigenvalue weighted by Crippen LogP contribution is -2.13. The van der Waals surface area contributed by atoms with Gasteiger partial charge < -0.3 is 14.5 Å². The zero-order valence-electron chi connectivity index (χ0n) is 12.7. The summed E-state index contributed by atoms with van der Waals surface area (Å²) in [7, 11) is 1.87. The van der Waals surface area contributed by atoms with Crippen LogP contribution < -0.4 is 10.1 Å². The van der Waals surface area contributed by atoms with Gasteiger partial charge in [0, 0.05) is 13.1 Å². The number of nitrogens with zero attached hydrogens (tertiary/aromatic N) is 2. The highest BCUT2D eigenvalue weighted by Gasteiger charge is 2.09. The second-order valence-electron chi connectivity index (χ2n) is 5.03. The summed E-state index contributed by atoms with van der Waals surface area (Å²) in [6, 6.07) is 3.95. The van der Waals surface area contributed by atoms with Crippen LogP contribution in [0.3, 0.4) is 0 Å². The highest BCUT2D eigenvalue weighted by molar-refractivity contribution is 5.20. The van der Waals surface area contributed by atoms with Gasteiger partial charge in [0.2, 0.25) is 5.88 Å². The minimum absolute atomic E-state index is 0.424. The smallest absolute Gasteiger partial charge is 0.212 e. The van der Waals surface area contributed by atoms with Crippen LogP contribution in [0.15, 0.2) is 16.5 Å². The monoisotopic (exact) mass is 277 g/mol. The molecule has 0 aliphatic carbocycles. The zero-order chi connectivity index (χ0) is 14.5. The van der Waals surface area contributed by atoms with Crippen LogP contribution in [0.25, 0.3) is 0 Å². The number of hydrogen-bond donors (Lipinski definition) is 1. The SMILES string of the molecule is CCCNCc1oc(COc2cc(C)nn2C)cc1C. The molecular formula is C15H23N3O2. The van der Waals surface area contributed by atoms with Crippen LogP contribution in [-0.4, -0.2) is 16.3 Å². The zero-order valence-corrected chi connectivity index (χ0v) is 12.7. The van der Waals surface area contributed by atoms with Crippen molar-refractivity contribution in [2.75, 3.05) is 6.54 Å². The molecular weight excluding hydrogens is 254 g/mol. The predicted molar refractivity (Wildman–Crippen MR) is 77.7 cm³/mol. The Morgan fingerprint density at radius 3 is 2.80 bits per heavy atom. The van der Waals surface area contributed by atoms with Crippen LogP contribution in [0, 0.1) is 13.8 Å². The van der Waals surface area contributed by atoms with E-state index in [4.69, 9.17) is 9.15 Å². The quantitative estimate of drug-likeness (QED) is 0.791. The topological polar surface area (TPSA) is 52.2 Å². The van der Waals surface area contributed by atoms with Gasteiger partial charge in [-0.3, -0.25) is 0 Å². The molecule has 5 heteroatoms. The van der Waals surface area contributed by atoms with E-state index in [1.807, 2.05) is 26.1 Å². The molecule has 2 heterocycles. The van der Waals surface area contributed by atoms with E-state index in [1.165, 1.54) is 0 Å². The molecule has 0 fully saturated rings. The van der Waals surface area contributed by atoms with Crippen LogP contribution >= 0.6 is 0 Å². The Morgan fingerprint density at radius 2 is 2.15 bits per heavy atom. The minimum atomic E-state index is 0.424. The van der Waals surface area contributed by atoms with Crippen molar-refractivity contribution in [2.45, 2.75) is 40.3 Å². The molecule has 0 spiro atoms. The molecule has 2 aromatic heterocycles. The largest absolute Gasteiger partial charge is 0.470 e. The number of nitrogens with one attached hydrogen (secondary N) is 1. The fourth-order valence-electron chi connectivity index (χ4n) is 2.08. The molecule has 5 nitrogen and oxygen atoms in total. The molecule has 0 aromatic carbocycles. The molecule has 0 bridgehead atoms. The first-order valence-corrected chi connectivity index (χ1v) is 7.02. The maximum absolute atomic E-state index is 5.81. The lowest BCUT2D eigenvalue weighted by atomic mass is 10.2. The van der Waals surface area contributed by atoms with E-state index in [-0.39, 0.29) is 0 Å². The number of hydrogen-bond acceptors (Lipinski definition) is 4. The third-order valence-electron chi connectivity index (χ3n) is 3.11. The molecule has 110 valence electrons. The van der Waals surface area contributed by atoms with Gasteiger partial charge in [0.15, 0.2) is 0 Å². The first-order valence-electron chi connectivity index (χ1n) is 7.02. The van der Waals surface area contributed by atoms with Gasteiger partial charge in [0.05, 0.1) is 12.2 Å². The Kier molecular flexibility index (Phi) is 4.84. The lowest BCUT2D eigenvalue weighted by Gasteiger charge is -2.03. The van der Waals surface area contributed by atoms with E-state index in [0.29, 0.717) is 6.61 Å². The van der Waals surface area contributed by atoms with Crippen molar-refractivity contribution >= 4 is 0 Å². The van der Waals surface area contributed by atoms with Crippen LogP contribution in [-0.2, 0) is 20.2 Å². The number of ether oxygens (including phenoxy) is 1. The Labute approximate surface area is 119 Å². The summed E-state index contributed by atoms with van der Waals surface area (Å²) in [6.45, 7) is 8.35. The third kappa shape index (κ3) is 3.63. The Hall–Kier alpha value is -1.75. The second-order valence-corrected chi connectivity index (χ2v) is 5.03. The molecule has 0 aliphatic rings. The van der Waals surface area contributed by atoms with E-state index in [9.17, 15) is 0 Å². The van der Waals surface area contributed by atoms with Gasteiger partial charge in [-0.15, -0.1) is 0 Å². The van der Waals surface area contributed by atoms with Crippen molar-refractivity contribution in [2.24, 2.45) is 7.05 Å². The van der Waals surface area contributed by atoms with Crippen molar-refractivity contribution in [1.29, 1.82) is 0 Å². The first-order chi connectivity index (χ1) is 9.60. The van der Waals surface area contributed by atoms with Gasteiger partial charge in [-0.2, -0.15) is 5.10 Å². The number of rotatable bonds is 7. The molecule has 20 heavy (non-hydrogen) atoms. The number of aromatic nitrogens is 2. The summed E-state index contributed by atoms with van der Waals surface area (Å²) in [5.41, 5.74) is 2.11. The molecule has 0 saturated heterocycles. The first kappa shape index (κ1) is 14.7. The van der Waals surface area contributed by atoms with E-state index in [2.05, 4.69) is 24.3 Å². The van der Waals surface area contributed by atoms with Gasteiger partial charge in [-0.25, -0.2) is 4.68 Å². The highest BCUT2D eigenvalue weighted by atomic mass is 16.5. The van der Waals surface area contributed by atoms with Gasteiger partial charge >= 0.3 is 0 Å². The van der Waals surface area contributed by atoms with Crippen LogP contribution in [0.2, 0.25) is 0 Å². The average molecular weight is 277 g/mol. The molecule has 0 aliphatic heterocycles. The Bertz CT molecular complexity index is 557. The molecule has 1 N–H and O–H groups in total. The summed E-state index contributed by atoms with van der Waals surface area (Å²) >= 11 is 0. The Morgan fingerprint density at radius 1 is 1.35 bits per heavy atom. The van der Waals surface area contributed by atoms with Crippen molar-refractivity contribution in [3.05, 3.63) is 34.9 Å².